The second-order valence-corrected chi connectivity index (χ2v) is 8.47. The van der Waals surface area contributed by atoms with Crippen LogP contribution in [0.5, 0.6) is 0 Å². The van der Waals surface area contributed by atoms with Crippen LogP contribution in [0.15, 0.2) is 18.2 Å². The maximum Gasteiger partial charge on any atom is 0.232 e. The maximum atomic E-state index is 12.1. The predicted molar refractivity (Wildman–Crippen MR) is 97.8 cm³/mol. The number of benzene rings is 1. The quantitative estimate of drug-likeness (QED) is 0.830. The Balaban J connectivity index is 2.14. The van der Waals surface area contributed by atoms with Crippen LogP contribution in [0.1, 0.15) is 31.7 Å². The van der Waals surface area contributed by atoms with Crippen molar-refractivity contribution in [2.75, 3.05) is 42.6 Å². The molecule has 1 aromatic carbocycles. The lowest BCUT2D eigenvalue weighted by molar-refractivity contribution is 0.315. The molecular formula is C17H29N3O2S. The monoisotopic (exact) mass is 339 g/mol. The fourth-order valence-corrected chi connectivity index (χ4v) is 4.22. The van der Waals surface area contributed by atoms with Gasteiger partial charge in [-0.3, -0.25) is 4.72 Å². The van der Waals surface area contributed by atoms with Gasteiger partial charge < -0.3 is 9.80 Å². The van der Waals surface area contributed by atoms with E-state index < -0.39 is 10.0 Å². The highest BCUT2D eigenvalue weighted by Gasteiger charge is 2.25. The van der Waals surface area contributed by atoms with Crippen molar-refractivity contribution >= 4 is 21.4 Å². The summed E-state index contributed by atoms with van der Waals surface area (Å²) in [6, 6.07) is 6.37. The minimum atomic E-state index is -3.25. The molecule has 0 amide bonds. The minimum Gasteiger partial charge on any atom is -0.370 e. The first kappa shape index (κ1) is 18.1. The van der Waals surface area contributed by atoms with Crippen molar-refractivity contribution in [1.29, 1.82) is 0 Å². The largest absolute Gasteiger partial charge is 0.370 e. The number of sulfonamides is 1. The van der Waals surface area contributed by atoms with Gasteiger partial charge in [0.15, 0.2) is 0 Å². The van der Waals surface area contributed by atoms with Crippen LogP contribution in [0, 0.1) is 6.92 Å². The lowest BCUT2D eigenvalue weighted by atomic mass is 10.1. The van der Waals surface area contributed by atoms with Gasteiger partial charge >= 0.3 is 0 Å². The first-order chi connectivity index (χ1) is 10.8. The van der Waals surface area contributed by atoms with E-state index in [-0.39, 0.29) is 5.75 Å². The molecule has 0 spiro atoms. The molecule has 0 unspecified atom stereocenters. The Labute approximate surface area is 140 Å². The topological polar surface area (TPSA) is 52.7 Å². The molecule has 0 aliphatic carbocycles. The summed E-state index contributed by atoms with van der Waals surface area (Å²) in [5, 5.41) is 0. The summed E-state index contributed by atoms with van der Waals surface area (Å²) in [7, 11) is 0.970. The van der Waals surface area contributed by atoms with Gasteiger partial charge in [-0.15, -0.1) is 0 Å². The van der Waals surface area contributed by atoms with Crippen LogP contribution in [-0.2, 0) is 10.0 Å². The highest BCUT2D eigenvalue weighted by Crippen LogP contribution is 2.29. The third kappa shape index (κ3) is 4.85. The Kier molecular flexibility index (Phi) is 5.92. The van der Waals surface area contributed by atoms with Gasteiger partial charge in [0.25, 0.3) is 0 Å². The van der Waals surface area contributed by atoms with Crippen LogP contribution in [0.4, 0.5) is 11.4 Å². The molecule has 6 heteroatoms. The zero-order valence-corrected chi connectivity index (χ0v) is 15.5. The fraction of sp³-hybridized carbons (Fsp3) is 0.647. The van der Waals surface area contributed by atoms with E-state index in [0.29, 0.717) is 18.2 Å². The van der Waals surface area contributed by atoms with Gasteiger partial charge in [-0.25, -0.2) is 8.42 Å². The summed E-state index contributed by atoms with van der Waals surface area (Å²) in [5.41, 5.74) is 2.97. The minimum absolute atomic E-state index is 0.180. The number of hydrogen-bond donors (Lipinski definition) is 1. The SMILES string of the molecule is CCCCS(=O)(=O)Nc1ccc(C)c(N2CC[C@H](N(C)C)C2)c1. The van der Waals surface area contributed by atoms with Crippen molar-refractivity contribution in [2.45, 2.75) is 39.2 Å². The number of nitrogens with zero attached hydrogens (tertiary/aromatic N) is 2. The molecule has 0 saturated carbocycles. The first-order valence-corrected chi connectivity index (χ1v) is 10.00. The van der Waals surface area contributed by atoms with Crippen molar-refractivity contribution < 1.29 is 8.42 Å². The highest BCUT2D eigenvalue weighted by molar-refractivity contribution is 7.92. The number of nitrogens with one attached hydrogen (secondary N) is 1. The van der Waals surface area contributed by atoms with Gasteiger partial charge in [0.2, 0.25) is 10.0 Å². The summed E-state index contributed by atoms with van der Waals surface area (Å²) in [6.45, 7) is 6.07. The van der Waals surface area contributed by atoms with Gasteiger partial charge in [-0.1, -0.05) is 19.4 Å². The van der Waals surface area contributed by atoms with Gasteiger partial charge in [-0.2, -0.15) is 0 Å². The van der Waals surface area contributed by atoms with Gasteiger partial charge in [0.1, 0.15) is 0 Å². The van der Waals surface area contributed by atoms with Crippen LogP contribution in [0.2, 0.25) is 0 Å². The second kappa shape index (κ2) is 7.53. The third-order valence-corrected chi connectivity index (χ3v) is 5.86. The smallest absolute Gasteiger partial charge is 0.232 e. The summed E-state index contributed by atoms with van der Waals surface area (Å²) in [4.78, 5) is 4.61. The number of anilines is 2. The van der Waals surface area contributed by atoms with Crippen molar-refractivity contribution in [3.63, 3.8) is 0 Å². The summed E-state index contributed by atoms with van der Waals surface area (Å²) in [6.07, 6.45) is 2.70. The van der Waals surface area contributed by atoms with E-state index in [4.69, 9.17) is 0 Å². The third-order valence-electron chi connectivity index (χ3n) is 4.48. The molecule has 0 aromatic heterocycles. The van der Waals surface area contributed by atoms with Crippen LogP contribution in [0.25, 0.3) is 0 Å². The van der Waals surface area contributed by atoms with Crippen molar-refractivity contribution in [3.05, 3.63) is 23.8 Å². The van der Waals surface area contributed by atoms with E-state index in [0.717, 1.165) is 31.6 Å². The second-order valence-electron chi connectivity index (χ2n) is 6.63. The number of hydrogen-bond acceptors (Lipinski definition) is 4. The number of rotatable bonds is 7. The van der Waals surface area contributed by atoms with Gasteiger partial charge in [0, 0.05) is 24.8 Å². The molecule has 0 radical (unpaired) electrons. The van der Waals surface area contributed by atoms with Crippen molar-refractivity contribution in [3.8, 4) is 0 Å². The highest BCUT2D eigenvalue weighted by atomic mass is 32.2. The molecular weight excluding hydrogens is 310 g/mol. The molecule has 1 saturated heterocycles. The Morgan fingerprint density at radius 3 is 2.70 bits per heavy atom. The lowest BCUT2D eigenvalue weighted by Gasteiger charge is -2.24. The van der Waals surface area contributed by atoms with Crippen LogP contribution < -0.4 is 9.62 Å². The van der Waals surface area contributed by atoms with Crippen molar-refractivity contribution in [2.24, 2.45) is 0 Å². The molecule has 1 aromatic rings. The molecule has 1 aliphatic heterocycles. The molecule has 5 nitrogen and oxygen atoms in total. The summed E-state index contributed by atoms with van der Waals surface area (Å²) >= 11 is 0. The Bertz CT molecular complexity index is 629. The zero-order valence-electron chi connectivity index (χ0n) is 14.7. The molecule has 1 fully saturated rings. The Morgan fingerprint density at radius 2 is 2.09 bits per heavy atom. The molecule has 23 heavy (non-hydrogen) atoms. The normalized spacial score (nSPS) is 18.7. The van der Waals surface area contributed by atoms with Crippen LogP contribution in [0.3, 0.4) is 0 Å². The average molecular weight is 340 g/mol. The maximum absolute atomic E-state index is 12.1. The van der Waals surface area contributed by atoms with Crippen molar-refractivity contribution in [1.82, 2.24) is 4.90 Å². The van der Waals surface area contributed by atoms with E-state index in [2.05, 4.69) is 35.5 Å². The summed E-state index contributed by atoms with van der Waals surface area (Å²) in [5.74, 6) is 0.180. The van der Waals surface area contributed by atoms with E-state index in [1.807, 2.05) is 25.1 Å². The zero-order chi connectivity index (χ0) is 17.0. The molecule has 2 rings (SSSR count). The number of likely N-dealkylation sites (N-methyl/N-ethyl adjacent to an activating group) is 1. The molecule has 130 valence electrons. The Morgan fingerprint density at radius 1 is 1.35 bits per heavy atom. The Hall–Kier alpha value is -1.27. The van der Waals surface area contributed by atoms with Gasteiger partial charge in [-0.05, 0) is 51.6 Å². The average Bonchev–Trinajstić information content (AvgIpc) is 2.97. The standard InChI is InChI=1S/C17H29N3O2S/c1-5-6-11-23(21,22)18-15-8-7-14(2)17(12-15)20-10-9-16(13-20)19(3)4/h7-8,12,16,18H,5-6,9-11,13H2,1-4H3/t16-/m0/s1. The summed E-state index contributed by atoms with van der Waals surface area (Å²) < 4.78 is 26.9. The predicted octanol–water partition coefficient (Wildman–Crippen LogP) is 2.68. The van der Waals surface area contributed by atoms with Crippen LogP contribution in [-0.4, -0.2) is 52.3 Å². The molecule has 1 aliphatic rings. The molecule has 1 N–H and O–H groups in total. The van der Waals surface area contributed by atoms with E-state index in [1.165, 1.54) is 5.56 Å². The van der Waals surface area contributed by atoms with E-state index in [1.54, 1.807) is 0 Å². The lowest BCUT2D eigenvalue weighted by Crippen LogP contribution is -2.31. The molecule has 0 bridgehead atoms. The molecule has 1 heterocycles. The fourth-order valence-electron chi connectivity index (χ4n) is 2.96. The first-order valence-electron chi connectivity index (χ1n) is 8.35. The van der Waals surface area contributed by atoms with E-state index in [9.17, 15) is 8.42 Å². The molecule has 1 atom stereocenters. The van der Waals surface area contributed by atoms with E-state index >= 15 is 0 Å². The number of unbranched alkanes of at least 4 members (excludes halogenated alkanes) is 1. The van der Waals surface area contributed by atoms with Gasteiger partial charge in [0.05, 0.1) is 11.4 Å². The number of aryl methyl sites for hydroxylation is 1. The van der Waals surface area contributed by atoms with Crippen LogP contribution >= 0.6 is 0 Å².